The van der Waals surface area contributed by atoms with Gasteiger partial charge in [0.2, 0.25) is 11.8 Å². The first-order valence-electron chi connectivity index (χ1n) is 15.2. The molecule has 0 unspecified atom stereocenters. The molecule has 5 rings (SSSR count). The van der Waals surface area contributed by atoms with Crippen LogP contribution in [0, 0.1) is 23.7 Å². The second-order valence-corrected chi connectivity index (χ2v) is 11.9. The highest BCUT2D eigenvalue weighted by molar-refractivity contribution is 5.97. The van der Waals surface area contributed by atoms with Gasteiger partial charge < -0.3 is 30.5 Å². The number of piperidine rings is 1. The Bertz CT molecular complexity index is 1330. The van der Waals surface area contributed by atoms with Gasteiger partial charge in [0.25, 0.3) is 5.91 Å². The van der Waals surface area contributed by atoms with Crippen molar-refractivity contribution >= 4 is 29.6 Å². The second kappa shape index (κ2) is 13.0. The van der Waals surface area contributed by atoms with E-state index in [1.54, 1.807) is 15.9 Å². The van der Waals surface area contributed by atoms with E-state index in [-0.39, 0.29) is 47.3 Å². The van der Waals surface area contributed by atoms with E-state index in [1.165, 1.54) is 0 Å². The molecular weight excluding hydrogens is 550 g/mol. The third kappa shape index (κ3) is 6.73. The van der Waals surface area contributed by atoms with Crippen molar-refractivity contribution in [1.82, 2.24) is 25.1 Å². The third-order valence-corrected chi connectivity index (χ3v) is 8.62. The van der Waals surface area contributed by atoms with Gasteiger partial charge in [-0.15, -0.1) is 0 Å². The van der Waals surface area contributed by atoms with E-state index >= 15 is 0 Å². The quantitative estimate of drug-likeness (QED) is 0.399. The van der Waals surface area contributed by atoms with Gasteiger partial charge in [-0.05, 0) is 24.2 Å². The molecule has 3 N–H and O–H groups in total. The lowest BCUT2D eigenvalue weighted by Crippen LogP contribution is -2.57. The maximum Gasteiger partial charge on any atom is 0.409 e. The lowest BCUT2D eigenvalue weighted by atomic mass is 10.0. The number of aromatic nitrogens is 2. The van der Waals surface area contributed by atoms with E-state index in [4.69, 9.17) is 15.5 Å². The fourth-order valence-corrected chi connectivity index (χ4v) is 5.99. The minimum absolute atomic E-state index is 0.0965. The highest BCUT2D eigenvalue weighted by Gasteiger charge is 2.59. The number of primary amides is 1. The van der Waals surface area contributed by atoms with Crippen LogP contribution in [0.5, 0.6) is 0 Å². The van der Waals surface area contributed by atoms with Crippen molar-refractivity contribution in [3.63, 3.8) is 0 Å². The minimum Gasteiger partial charge on any atom is -0.449 e. The topological polar surface area (TPSA) is 151 Å². The molecule has 1 aromatic heterocycles. The number of nitrogens with zero attached hydrogens (tertiary/aromatic N) is 5. The van der Waals surface area contributed by atoms with Gasteiger partial charge in [0.1, 0.15) is 17.6 Å². The molecule has 1 saturated carbocycles. The molecule has 4 amide bonds. The number of unbranched alkanes of at least 4 members (excludes halogenated alkanes) is 1. The molecule has 12 nitrogen and oxygen atoms in total. The average molecular weight is 592 g/mol. The van der Waals surface area contributed by atoms with Crippen molar-refractivity contribution in [3.05, 3.63) is 42.1 Å². The van der Waals surface area contributed by atoms with Crippen LogP contribution in [-0.4, -0.2) is 95.5 Å². The summed E-state index contributed by atoms with van der Waals surface area (Å²) in [4.78, 5) is 66.0. The van der Waals surface area contributed by atoms with E-state index in [9.17, 15) is 19.2 Å². The van der Waals surface area contributed by atoms with E-state index in [2.05, 4.69) is 15.2 Å². The van der Waals surface area contributed by atoms with Crippen LogP contribution in [0.3, 0.4) is 0 Å². The number of rotatable bonds is 10. The molecule has 2 aliphatic heterocycles. The van der Waals surface area contributed by atoms with Crippen molar-refractivity contribution in [2.75, 3.05) is 50.8 Å². The zero-order valence-corrected chi connectivity index (χ0v) is 25.1. The van der Waals surface area contributed by atoms with Crippen molar-refractivity contribution in [1.29, 1.82) is 0 Å². The number of carbonyl (C=O) groups is 4. The van der Waals surface area contributed by atoms with Gasteiger partial charge in [-0.25, -0.2) is 14.8 Å². The molecule has 3 aliphatic rings. The molecule has 2 aromatic rings. The SMILES string of the molecule is CCCCOC(=O)N1CCN(C(=O)[C@@H](NC(=O)c2cc(N3C[C@@H]4[C@H](C3)[C@H]4C(N)=O)nc(-c3ccccc3)n2)C(C)C)CC1. The Balaban J connectivity index is 1.28. The number of amides is 4. The summed E-state index contributed by atoms with van der Waals surface area (Å²) < 4.78 is 5.31. The molecule has 3 fully saturated rings. The Morgan fingerprint density at radius 2 is 1.65 bits per heavy atom. The number of anilines is 1. The van der Waals surface area contributed by atoms with Gasteiger partial charge >= 0.3 is 6.09 Å². The minimum atomic E-state index is -0.773. The average Bonchev–Trinajstić information content (AvgIpc) is 3.53. The van der Waals surface area contributed by atoms with Crippen molar-refractivity contribution < 1.29 is 23.9 Å². The van der Waals surface area contributed by atoms with Gasteiger partial charge in [0, 0.05) is 56.8 Å². The number of hydrogen-bond donors (Lipinski definition) is 2. The zero-order chi connectivity index (χ0) is 30.7. The molecule has 0 spiro atoms. The number of benzene rings is 1. The fourth-order valence-electron chi connectivity index (χ4n) is 5.99. The molecule has 0 radical (unpaired) electrons. The van der Waals surface area contributed by atoms with Crippen LogP contribution in [-0.2, 0) is 14.3 Å². The van der Waals surface area contributed by atoms with Crippen LogP contribution >= 0.6 is 0 Å². The Morgan fingerprint density at radius 1 is 1.00 bits per heavy atom. The Morgan fingerprint density at radius 3 is 2.26 bits per heavy atom. The summed E-state index contributed by atoms with van der Waals surface area (Å²) in [6.07, 6.45) is 1.40. The number of carbonyl (C=O) groups excluding carboxylic acids is 4. The normalized spacial score (nSPS) is 21.8. The second-order valence-electron chi connectivity index (χ2n) is 11.9. The maximum absolute atomic E-state index is 13.7. The largest absolute Gasteiger partial charge is 0.449 e. The van der Waals surface area contributed by atoms with Gasteiger partial charge in [-0.1, -0.05) is 57.5 Å². The monoisotopic (exact) mass is 591 g/mol. The molecule has 3 heterocycles. The summed E-state index contributed by atoms with van der Waals surface area (Å²) in [5.41, 5.74) is 6.46. The number of ether oxygens (including phenoxy) is 1. The van der Waals surface area contributed by atoms with Crippen LogP contribution in [0.4, 0.5) is 10.6 Å². The summed E-state index contributed by atoms with van der Waals surface area (Å²) >= 11 is 0. The Kier molecular flexibility index (Phi) is 9.12. The predicted octanol–water partition coefficient (Wildman–Crippen LogP) is 2.15. The van der Waals surface area contributed by atoms with Crippen molar-refractivity contribution in [3.8, 4) is 11.4 Å². The number of hydrogen-bond acceptors (Lipinski definition) is 8. The number of piperazine rings is 1. The molecule has 43 heavy (non-hydrogen) atoms. The fraction of sp³-hybridized carbons (Fsp3) is 0.548. The first-order valence-corrected chi connectivity index (χ1v) is 15.2. The molecule has 4 atom stereocenters. The van der Waals surface area contributed by atoms with Crippen LogP contribution in [0.25, 0.3) is 11.4 Å². The number of nitrogens with two attached hydrogens (primary N) is 1. The molecule has 230 valence electrons. The summed E-state index contributed by atoms with van der Waals surface area (Å²) in [5, 5.41) is 2.93. The summed E-state index contributed by atoms with van der Waals surface area (Å²) in [7, 11) is 0. The maximum atomic E-state index is 13.7. The van der Waals surface area contributed by atoms with E-state index in [0.717, 1.165) is 18.4 Å². The van der Waals surface area contributed by atoms with Gasteiger partial charge in [0.05, 0.1) is 6.61 Å². The molecule has 1 aromatic carbocycles. The molecule has 1 aliphatic carbocycles. The Labute approximate surface area is 252 Å². The molecular formula is C31H41N7O5. The summed E-state index contributed by atoms with van der Waals surface area (Å²) in [6, 6.07) is 10.3. The first-order chi connectivity index (χ1) is 20.7. The van der Waals surface area contributed by atoms with Crippen LogP contribution in [0.2, 0.25) is 0 Å². The summed E-state index contributed by atoms with van der Waals surface area (Å²) in [5.74, 6) is 0.203. The third-order valence-electron chi connectivity index (χ3n) is 8.62. The smallest absolute Gasteiger partial charge is 0.409 e. The molecule has 12 heteroatoms. The lowest BCUT2D eigenvalue weighted by molar-refractivity contribution is -0.136. The standard InChI is InChI=1S/C31H41N7O5/c1-4-5-15-43-31(42)37-13-11-36(12-14-37)30(41)26(19(2)3)35-29(40)23-16-24(34-28(33-23)20-9-7-6-8-10-20)38-17-21-22(18-38)25(21)27(32)39/h6-10,16,19,21-22,25-26H,4-5,11-15,17-18H2,1-3H3,(H2,32,39)(H,35,40)/t21-,22+,25+,26-/m0/s1. The summed E-state index contributed by atoms with van der Waals surface area (Å²) in [6.45, 7) is 8.93. The number of fused-ring (bicyclic) bond motifs is 1. The van der Waals surface area contributed by atoms with Crippen LogP contribution in [0.1, 0.15) is 44.1 Å². The first kappa shape index (κ1) is 30.2. The van der Waals surface area contributed by atoms with Gasteiger partial charge in [-0.2, -0.15) is 0 Å². The lowest BCUT2D eigenvalue weighted by Gasteiger charge is -2.36. The predicted molar refractivity (Wildman–Crippen MR) is 160 cm³/mol. The van der Waals surface area contributed by atoms with E-state index in [1.807, 2.05) is 51.1 Å². The van der Waals surface area contributed by atoms with Gasteiger partial charge in [0.15, 0.2) is 5.82 Å². The zero-order valence-electron chi connectivity index (χ0n) is 25.1. The highest BCUT2D eigenvalue weighted by Crippen LogP contribution is 2.52. The Hall–Kier alpha value is -4.22. The van der Waals surface area contributed by atoms with E-state index < -0.39 is 11.9 Å². The van der Waals surface area contributed by atoms with Crippen molar-refractivity contribution in [2.24, 2.45) is 29.4 Å². The molecule has 2 saturated heterocycles. The van der Waals surface area contributed by atoms with Crippen molar-refractivity contribution in [2.45, 2.75) is 39.7 Å². The molecule has 0 bridgehead atoms. The van der Waals surface area contributed by atoms with Gasteiger partial charge in [-0.3, -0.25) is 14.4 Å². The number of nitrogens with one attached hydrogen (secondary N) is 1. The van der Waals surface area contributed by atoms with Crippen LogP contribution in [0.15, 0.2) is 36.4 Å². The highest BCUT2D eigenvalue weighted by atomic mass is 16.6. The van der Waals surface area contributed by atoms with E-state index in [0.29, 0.717) is 57.5 Å². The van der Waals surface area contributed by atoms with Crippen LogP contribution < -0.4 is 16.0 Å².